The molecule has 9 aromatic carbocycles. The van der Waals surface area contributed by atoms with E-state index in [1.165, 1.54) is 104 Å². The molecule has 3 heteroatoms. The lowest BCUT2D eigenvalue weighted by molar-refractivity contribution is 1.09. The van der Waals surface area contributed by atoms with E-state index in [4.69, 9.17) is 0 Å². The Balaban J connectivity index is 0.978. The van der Waals surface area contributed by atoms with Crippen LogP contribution in [0.1, 0.15) is 0 Å². The van der Waals surface area contributed by atoms with Gasteiger partial charge in [0, 0.05) is 37.0 Å². The van der Waals surface area contributed by atoms with Crippen LogP contribution in [0.4, 0.5) is 0 Å². The topological polar surface area (TPSA) is 9.86 Å². The van der Waals surface area contributed by atoms with Crippen LogP contribution in [0.5, 0.6) is 0 Å². The summed E-state index contributed by atoms with van der Waals surface area (Å²) in [5, 5.41) is 5.20. The van der Waals surface area contributed by atoms with Crippen molar-refractivity contribution in [1.29, 1.82) is 0 Å². The molecule has 2 aromatic heterocycles. The predicted molar refractivity (Wildman–Crippen MR) is 241 cm³/mol. The number of fused-ring (bicyclic) bond motifs is 9. The van der Waals surface area contributed by atoms with Gasteiger partial charge in [-0.3, -0.25) is 0 Å². The van der Waals surface area contributed by atoms with E-state index in [1.807, 2.05) is 11.8 Å². The van der Waals surface area contributed by atoms with E-state index in [2.05, 4.69) is 215 Å². The van der Waals surface area contributed by atoms with Crippen LogP contribution >= 0.6 is 11.8 Å². The van der Waals surface area contributed by atoms with Gasteiger partial charge in [0.15, 0.2) is 0 Å². The van der Waals surface area contributed by atoms with Gasteiger partial charge in [-0.25, -0.2) is 0 Å². The molecule has 0 amide bonds. The van der Waals surface area contributed by atoms with Crippen LogP contribution in [0.3, 0.4) is 0 Å². The van der Waals surface area contributed by atoms with Gasteiger partial charge in [0.1, 0.15) is 0 Å². The maximum absolute atomic E-state index is 2.49. The lowest BCUT2D eigenvalue weighted by Crippen LogP contribution is -2.01. The lowest BCUT2D eigenvalue weighted by Gasteiger charge is -2.20. The lowest BCUT2D eigenvalue weighted by atomic mass is 9.95. The van der Waals surface area contributed by atoms with Crippen LogP contribution in [0, 0.1) is 0 Å². The van der Waals surface area contributed by atoms with Crippen LogP contribution in [-0.2, 0) is 0 Å². The molecule has 3 heterocycles. The number of para-hydroxylation sites is 3. The third-order valence-corrected chi connectivity index (χ3v) is 12.8. The summed E-state index contributed by atoms with van der Waals surface area (Å²) in [7, 11) is 0. The first-order valence-electron chi connectivity index (χ1n) is 19.5. The minimum atomic E-state index is 1.15. The van der Waals surface area contributed by atoms with E-state index in [9.17, 15) is 0 Å². The SMILES string of the molecule is c1ccc(-c2ccc(-c3cccc(-c4cccc(-c5cccc(-n6c7ccccc7c7c8c9ccccc9n9c8c(cc76)Sc6ccccc6-9)c5)c4)c3)cc2)cc1. The third kappa shape index (κ3) is 5.06. The van der Waals surface area contributed by atoms with E-state index in [0.29, 0.717) is 0 Å². The van der Waals surface area contributed by atoms with Gasteiger partial charge in [-0.1, -0.05) is 163 Å². The Morgan fingerprint density at radius 2 is 0.789 bits per heavy atom. The molecule has 0 N–H and O–H groups in total. The van der Waals surface area contributed by atoms with E-state index in [-0.39, 0.29) is 0 Å². The Hall–Kier alpha value is -7.07. The van der Waals surface area contributed by atoms with Gasteiger partial charge < -0.3 is 9.13 Å². The average molecular weight is 743 g/mol. The Morgan fingerprint density at radius 1 is 0.298 bits per heavy atom. The minimum Gasteiger partial charge on any atom is -0.309 e. The quantitative estimate of drug-likeness (QED) is 0.171. The van der Waals surface area contributed by atoms with Gasteiger partial charge in [0.25, 0.3) is 0 Å². The number of rotatable bonds is 5. The van der Waals surface area contributed by atoms with Crippen molar-refractivity contribution in [3.8, 4) is 55.9 Å². The van der Waals surface area contributed by atoms with E-state index >= 15 is 0 Å². The Morgan fingerprint density at radius 3 is 1.49 bits per heavy atom. The molecule has 0 spiro atoms. The number of nitrogens with zero attached hydrogens (tertiary/aromatic N) is 2. The minimum absolute atomic E-state index is 1.15. The fourth-order valence-corrected chi connectivity index (χ4v) is 10.2. The summed E-state index contributed by atoms with van der Waals surface area (Å²) in [5.74, 6) is 0. The molecule has 0 radical (unpaired) electrons. The summed E-state index contributed by atoms with van der Waals surface area (Å²) in [6, 6.07) is 75.5. The van der Waals surface area contributed by atoms with Gasteiger partial charge in [0.2, 0.25) is 0 Å². The zero-order chi connectivity index (χ0) is 37.5. The maximum atomic E-state index is 2.49. The van der Waals surface area contributed by atoms with Crippen LogP contribution in [0.25, 0.3) is 99.5 Å². The smallest absolute Gasteiger partial charge is 0.0688 e. The van der Waals surface area contributed by atoms with Crippen molar-refractivity contribution in [1.82, 2.24) is 9.13 Å². The van der Waals surface area contributed by atoms with Crippen LogP contribution in [0.2, 0.25) is 0 Å². The number of benzene rings is 9. The van der Waals surface area contributed by atoms with Gasteiger partial charge in [-0.15, -0.1) is 0 Å². The summed E-state index contributed by atoms with van der Waals surface area (Å²) in [4.78, 5) is 2.57. The molecular formula is C54H34N2S. The summed E-state index contributed by atoms with van der Waals surface area (Å²) >= 11 is 1.88. The molecule has 0 unspecified atom stereocenters. The van der Waals surface area contributed by atoms with Gasteiger partial charge >= 0.3 is 0 Å². The van der Waals surface area contributed by atoms with Crippen molar-refractivity contribution in [3.05, 3.63) is 206 Å². The predicted octanol–water partition coefficient (Wildman–Crippen LogP) is 15.0. The Kier molecular flexibility index (Phi) is 7.20. The standard InChI is InChI=1S/C54H34N2S/c1-2-13-35(14-3-1)36-27-29-37(30-28-36)38-15-10-16-39(31-38)40-17-11-18-41(32-40)42-19-12-20-43(33-42)55-46-23-6-4-21-44(46)52-49(55)34-51-54-53(52)45-22-5-7-24-47(45)56(54)48-25-8-9-26-50(48)57-51/h1-34H. The first-order chi connectivity index (χ1) is 28.3. The number of hydrogen-bond donors (Lipinski definition) is 0. The zero-order valence-electron chi connectivity index (χ0n) is 30.9. The normalized spacial score (nSPS) is 12.1. The first kappa shape index (κ1) is 32.2. The third-order valence-electron chi connectivity index (χ3n) is 11.7. The first-order valence-corrected chi connectivity index (χ1v) is 20.3. The monoisotopic (exact) mass is 742 g/mol. The molecule has 0 atom stereocenters. The fourth-order valence-electron chi connectivity index (χ4n) is 9.10. The molecule has 2 nitrogen and oxygen atoms in total. The van der Waals surface area contributed by atoms with Crippen LogP contribution in [-0.4, -0.2) is 9.13 Å². The van der Waals surface area contributed by atoms with E-state index in [0.717, 1.165) is 5.69 Å². The Bertz CT molecular complexity index is 3370. The van der Waals surface area contributed by atoms with Crippen LogP contribution in [0.15, 0.2) is 216 Å². The molecular weight excluding hydrogens is 709 g/mol. The zero-order valence-corrected chi connectivity index (χ0v) is 31.7. The highest BCUT2D eigenvalue weighted by Gasteiger charge is 2.27. The highest BCUT2D eigenvalue weighted by atomic mass is 32.2. The maximum Gasteiger partial charge on any atom is 0.0688 e. The molecule has 12 rings (SSSR count). The van der Waals surface area contributed by atoms with Crippen molar-refractivity contribution >= 4 is 55.4 Å². The fraction of sp³-hybridized carbons (Fsp3) is 0. The summed E-state index contributed by atoms with van der Waals surface area (Å²) in [5.41, 5.74) is 17.1. The van der Waals surface area contributed by atoms with Crippen LogP contribution < -0.4 is 0 Å². The largest absolute Gasteiger partial charge is 0.309 e. The number of aromatic nitrogens is 2. The number of hydrogen-bond acceptors (Lipinski definition) is 1. The van der Waals surface area contributed by atoms with Gasteiger partial charge in [-0.2, -0.15) is 0 Å². The van der Waals surface area contributed by atoms with Crippen molar-refractivity contribution in [2.45, 2.75) is 9.79 Å². The second-order valence-electron chi connectivity index (χ2n) is 14.9. The average Bonchev–Trinajstić information content (AvgIpc) is 3.81. The molecule has 1 aliphatic rings. The Labute approximate surface area is 334 Å². The van der Waals surface area contributed by atoms with Gasteiger partial charge in [0.05, 0.1) is 27.8 Å². The molecule has 1 aliphatic heterocycles. The highest BCUT2D eigenvalue weighted by Crippen LogP contribution is 2.51. The summed E-state index contributed by atoms with van der Waals surface area (Å²) < 4.78 is 4.97. The molecule has 266 valence electrons. The van der Waals surface area contributed by atoms with E-state index in [1.54, 1.807) is 0 Å². The van der Waals surface area contributed by atoms with Crippen molar-refractivity contribution in [3.63, 3.8) is 0 Å². The van der Waals surface area contributed by atoms with Crippen molar-refractivity contribution in [2.24, 2.45) is 0 Å². The van der Waals surface area contributed by atoms with Crippen molar-refractivity contribution in [2.75, 3.05) is 0 Å². The second kappa shape index (κ2) is 12.7. The summed E-state index contributed by atoms with van der Waals surface area (Å²) in [6.45, 7) is 0. The van der Waals surface area contributed by atoms with Gasteiger partial charge in [-0.05, 0) is 99.1 Å². The van der Waals surface area contributed by atoms with Crippen molar-refractivity contribution < 1.29 is 0 Å². The molecule has 0 fully saturated rings. The second-order valence-corrected chi connectivity index (χ2v) is 16.0. The van der Waals surface area contributed by atoms with E-state index < -0.39 is 0 Å². The molecule has 11 aromatic rings. The molecule has 0 bridgehead atoms. The molecule has 57 heavy (non-hydrogen) atoms. The molecule has 0 aliphatic carbocycles. The molecule has 0 saturated carbocycles. The highest BCUT2D eigenvalue weighted by molar-refractivity contribution is 7.99. The summed E-state index contributed by atoms with van der Waals surface area (Å²) in [6.07, 6.45) is 0. The molecule has 0 saturated heterocycles.